The molecule has 0 saturated heterocycles. The maximum absolute atomic E-state index is 10.9. The van der Waals surface area contributed by atoms with Crippen LogP contribution in [0.5, 0.6) is 0 Å². The number of aromatic nitrogens is 2. The minimum absolute atomic E-state index is 0.0385. The van der Waals surface area contributed by atoms with Gasteiger partial charge >= 0.3 is 5.69 Å². The van der Waals surface area contributed by atoms with Gasteiger partial charge in [-0.1, -0.05) is 0 Å². The maximum atomic E-state index is 10.9. The molecule has 0 aliphatic carbocycles. The summed E-state index contributed by atoms with van der Waals surface area (Å²) in [7, 11) is 2.92. The second-order valence-corrected chi connectivity index (χ2v) is 3.65. The Hall–Kier alpha value is -1.51. The van der Waals surface area contributed by atoms with Gasteiger partial charge in [0.25, 0.3) is 0 Å². The molecule has 0 bridgehead atoms. The van der Waals surface area contributed by atoms with Gasteiger partial charge in [0.15, 0.2) is 6.29 Å². The number of nitrogens with zero attached hydrogens (tertiary/aromatic N) is 3. The molecule has 1 N–H and O–H groups in total. The fourth-order valence-corrected chi connectivity index (χ4v) is 1.53. The SMILES string of the molecule is COC(CNc1nc(Cl)nc(C)c1[N+](=O)[O-])OC. The Morgan fingerprint density at radius 1 is 1.44 bits per heavy atom. The molecule has 18 heavy (non-hydrogen) atoms. The van der Waals surface area contributed by atoms with E-state index in [0.717, 1.165) is 0 Å². The van der Waals surface area contributed by atoms with E-state index in [1.807, 2.05) is 0 Å². The highest BCUT2D eigenvalue weighted by Crippen LogP contribution is 2.26. The Morgan fingerprint density at radius 3 is 2.56 bits per heavy atom. The third kappa shape index (κ3) is 3.49. The quantitative estimate of drug-likeness (QED) is 0.362. The van der Waals surface area contributed by atoms with Gasteiger partial charge in [-0.2, -0.15) is 4.98 Å². The van der Waals surface area contributed by atoms with Crippen LogP contribution in [-0.4, -0.2) is 41.9 Å². The summed E-state index contributed by atoms with van der Waals surface area (Å²) in [5.41, 5.74) is -0.0285. The van der Waals surface area contributed by atoms with E-state index in [1.54, 1.807) is 0 Å². The summed E-state index contributed by atoms with van der Waals surface area (Å²) < 4.78 is 9.90. The highest BCUT2D eigenvalue weighted by molar-refractivity contribution is 6.28. The molecule has 9 heteroatoms. The zero-order valence-corrected chi connectivity index (χ0v) is 10.9. The van der Waals surface area contributed by atoms with Crippen LogP contribution in [-0.2, 0) is 9.47 Å². The summed E-state index contributed by atoms with van der Waals surface area (Å²) in [6.07, 6.45) is -0.543. The number of nitro groups is 1. The number of aryl methyl sites for hydroxylation is 1. The third-order valence-corrected chi connectivity index (χ3v) is 2.34. The van der Waals surface area contributed by atoms with Crippen LogP contribution < -0.4 is 5.32 Å². The molecule has 0 saturated carbocycles. The predicted molar refractivity (Wildman–Crippen MR) is 64.7 cm³/mol. The fraction of sp³-hybridized carbons (Fsp3) is 0.556. The van der Waals surface area contributed by atoms with Crippen molar-refractivity contribution in [3.8, 4) is 0 Å². The van der Waals surface area contributed by atoms with Crippen molar-refractivity contribution in [2.45, 2.75) is 13.2 Å². The lowest BCUT2D eigenvalue weighted by Crippen LogP contribution is -2.24. The lowest BCUT2D eigenvalue weighted by atomic mass is 10.3. The Balaban J connectivity index is 2.96. The van der Waals surface area contributed by atoms with Crippen molar-refractivity contribution in [2.24, 2.45) is 0 Å². The first-order valence-electron chi connectivity index (χ1n) is 4.97. The first-order valence-corrected chi connectivity index (χ1v) is 5.35. The number of rotatable bonds is 6. The van der Waals surface area contributed by atoms with Crippen molar-refractivity contribution in [1.29, 1.82) is 0 Å². The van der Waals surface area contributed by atoms with Gasteiger partial charge in [0.2, 0.25) is 11.1 Å². The Labute approximate surface area is 108 Å². The smallest absolute Gasteiger partial charge is 0.332 e. The van der Waals surface area contributed by atoms with E-state index in [-0.39, 0.29) is 29.0 Å². The molecule has 1 heterocycles. The summed E-state index contributed by atoms with van der Waals surface area (Å²) in [5.74, 6) is 0.0385. The van der Waals surface area contributed by atoms with E-state index in [2.05, 4.69) is 15.3 Å². The van der Waals surface area contributed by atoms with Gasteiger partial charge in [-0.15, -0.1) is 0 Å². The average molecular weight is 277 g/mol. The van der Waals surface area contributed by atoms with Crippen molar-refractivity contribution < 1.29 is 14.4 Å². The molecule has 0 aliphatic rings. The van der Waals surface area contributed by atoms with Crippen LogP contribution in [0.25, 0.3) is 0 Å². The predicted octanol–water partition coefficient (Wildman–Crippen LogP) is 1.38. The topological polar surface area (TPSA) is 99.4 Å². The fourth-order valence-electron chi connectivity index (χ4n) is 1.32. The molecule has 1 rings (SSSR count). The summed E-state index contributed by atoms with van der Waals surface area (Å²) in [4.78, 5) is 17.9. The first kappa shape index (κ1) is 14.6. The molecule has 1 aromatic rings. The molecule has 8 nitrogen and oxygen atoms in total. The van der Waals surface area contributed by atoms with Gasteiger partial charge in [0.1, 0.15) is 5.69 Å². The van der Waals surface area contributed by atoms with E-state index in [4.69, 9.17) is 21.1 Å². The molecule has 0 radical (unpaired) electrons. The number of ether oxygens (including phenoxy) is 2. The normalized spacial score (nSPS) is 10.7. The monoisotopic (exact) mass is 276 g/mol. The zero-order valence-electron chi connectivity index (χ0n) is 10.1. The van der Waals surface area contributed by atoms with Crippen molar-refractivity contribution in [1.82, 2.24) is 9.97 Å². The molecule has 0 aromatic carbocycles. The van der Waals surface area contributed by atoms with Crippen molar-refractivity contribution in [2.75, 3.05) is 26.1 Å². The van der Waals surface area contributed by atoms with Crippen LogP contribution in [0.15, 0.2) is 0 Å². The van der Waals surface area contributed by atoms with E-state index in [1.165, 1.54) is 21.1 Å². The van der Waals surface area contributed by atoms with Gasteiger partial charge in [-0.25, -0.2) is 4.98 Å². The van der Waals surface area contributed by atoms with Crippen molar-refractivity contribution in [3.63, 3.8) is 0 Å². The molecule has 100 valence electrons. The lowest BCUT2D eigenvalue weighted by Gasteiger charge is -2.14. The molecular weight excluding hydrogens is 264 g/mol. The maximum Gasteiger partial charge on any atom is 0.332 e. The lowest BCUT2D eigenvalue weighted by molar-refractivity contribution is -0.385. The van der Waals surface area contributed by atoms with Gasteiger partial charge < -0.3 is 14.8 Å². The minimum atomic E-state index is -0.567. The number of halogens is 1. The Morgan fingerprint density at radius 2 is 2.06 bits per heavy atom. The first-order chi connectivity index (χ1) is 8.49. The summed E-state index contributed by atoms with van der Waals surface area (Å²) >= 11 is 5.66. The van der Waals surface area contributed by atoms with E-state index >= 15 is 0 Å². The van der Waals surface area contributed by atoms with E-state index in [9.17, 15) is 10.1 Å². The highest BCUT2D eigenvalue weighted by Gasteiger charge is 2.22. The number of methoxy groups -OCH3 is 2. The van der Waals surface area contributed by atoms with Crippen LogP contribution in [0.3, 0.4) is 0 Å². The standard InChI is InChI=1S/C9H13ClN4O4/c1-5-7(14(15)16)8(13-9(10)12-5)11-4-6(17-2)18-3/h6H,4H2,1-3H3,(H,11,12,13). The van der Waals surface area contributed by atoms with Gasteiger partial charge in [-0.05, 0) is 18.5 Å². The number of anilines is 1. The molecular formula is C9H13ClN4O4. The minimum Gasteiger partial charge on any atom is -0.359 e. The van der Waals surface area contributed by atoms with Crippen LogP contribution in [0.1, 0.15) is 5.69 Å². The Bertz CT molecular complexity index is 439. The van der Waals surface area contributed by atoms with Crippen LogP contribution in [0.4, 0.5) is 11.5 Å². The van der Waals surface area contributed by atoms with Gasteiger partial charge in [-0.3, -0.25) is 10.1 Å². The number of nitrogens with one attached hydrogen (secondary N) is 1. The zero-order chi connectivity index (χ0) is 13.7. The highest BCUT2D eigenvalue weighted by atomic mass is 35.5. The van der Waals surface area contributed by atoms with Gasteiger partial charge in [0, 0.05) is 14.2 Å². The molecule has 0 unspecified atom stereocenters. The van der Waals surface area contributed by atoms with Crippen LogP contribution in [0.2, 0.25) is 5.28 Å². The number of hydrogen-bond acceptors (Lipinski definition) is 7. The second kappa shape index (κ2) is 6.43. The summed E-state index contributed by atoms with van der Waals surface area (Å²) in [6.45, 7) is 1.68. The van der Waals surface area contributed by atoms with Gasteiger partial charge in [0.05, 0.1) is 11.5 Å². The van der Waals surface area contributed by atoms with Crippen LogP contribution in [0, 0.1) is 17.0 Å². The van der Waals surface area contributed by atoms with Crippen molar-refractivity contribution >= 4 is 23.1 Å². The molecule has 0 fully saturated rings. The Kier molecular flexibility index (Phi) is 5.20. The summed E-state index contributed by atoms with van der Waals surface area (Å²) in [6, 6.07) is 0. The molecule has 0 spiro atoms. The second-order valence-electron chi connectivity index (χ2n) is 3.31. The largest absolute Gasteiger partial charge is 0.359 e. The molecule has 0 atom stereocenters. The number of hydrogen-bond donors (Lipinski definition) is 1. The summed E-state index contributed by atoms with van der Waals surface area (Å²) in [5, 5.41) is 13.6. The van der Waals surface area contributed by atoms with E-state index < -0.39 is 11.2 Å². The average Bonchev–Trinajstić information content (AvgIpc) is 2.28. The van der Waals surface area contributed by atoms with Crippen LogP contribution >= 0.6 is 11.6 Å². The molecule has 1 aromatic heterocycles. The third-order valence-electron chi connectivity index (χ3n) is 2.18. The molecule has 0 amide bonds. The molecule has 0 aliphatic heterocycles. The van der Waals surface area contributed by atoms with E-state index in [0.29, 0.717) is 0 Å². The van der Waals surface area contributed by atoms with Crippen molar-refractivity contribution in [3.05, 3.63) is 21.1 Å².